The molecule has 39 heavy (non-hydrogen) atoms. The molecule has 4 atom stereocenters. The lowest BCUT2D eigenvalue weighted by Crippen LogP contribution is -2.48. The van der Waals surface area contributed by atoms with Gasteiger partial charge in [0.15, 0.2) is 5.54 Å². The van der Waals surface area contributed by atoms with Crippen LogP contribution in [0.5, 0.6) is 0 Å². The van der Waals surface area contributed by atoms with Crippen LogP contribution in [-0.4, -0.2) is 66.4 Å². The minimum absolute atomic E-state index is 0.0969. The number of aliphatic hydroxyl groups is 1. The largest absolute Gasteiger partial charge is 0.391 e. The van der Waals surface area contributed by atoms with Crippen molar-refractivity contribution in [1.82, 2.24) is 15.4 Å². The Balaban J connectivity index is 1.43. The Kier molecular flexibility index (Phi) is 7.20. The van der Waals surface area contributed by atoms with Crippen molar-refractivity contribution in [1.29, 1.82) is 0 Å². The highest BCUT2D eigenvalue weighted by molar-refractivity contribution is 6.97. The zero-order chi connectivity index (χ0) is 27.9. The summed E-state index contributed by atoms with van der Waals surface area (Å²) in [5.41, 5.74) is 0.941. The Hall–Kier alpha value is -3.72. The second-order valence-corrected chi connectivity index (χ2v) is 10.5. The number of aliphatic hydroxyl groups excluding tert-OH is 1. The Bertz CT molecular complexity index is 1430. The Morgan fingerprint density at radius 1 is 1.26 bits per heavy atom. The highest BCUT2D eigenvalue weighted by atomic mass is 19.1. The molecule has 197 valence electrons. The molecule has 4 unspecified atom stereocenters. The number of carbonyl (C=O) groups is 2. The molecule has 1 aromatic heterocycles. The molecule has 11 heteroatoms. The molecule has 8 nitrogen and oxygen atoms in total. The summed E-state index contributed by atoms with van der Waals surface area (Å²) in [7, 11) is 6.84. The van der Waals surface area contributed by atoms with E-state index in [2.05, 4.69) is 10.5 Å². The van der Waals surface area contributed by atoms with Crippen molar-refractivity contribution in [3.63, 3.8) is 0 Å². The molecule has 0 spiro atoms. The lowest BCUT2D eigenvalue weighted by Gasteiger charge is -2.29. The van der Waals surface area contributed by atoms with Crippen molar-refractivity contribution in [2.45, 2.75) is 50.8 Å². The summed E-state index contributed by atoms with van der Waals surface area (Å²) in [6, 6.07) is 14.5. The minimum atomic E-state index is -1.25. The molecule has 2 aliphatic heterocycles. The van der Waals surface area contributed by atoms with Gasteiger partial charge in [0, 0.05) is 31.9 Å². The van der Waals surface area contributed by atoms with Crippen molar-refractivity contribution < 1.29 is 23.6 Å². The van der Waals surface area contributed by atoms with Gasteiger partial charge in [-0.25, -0.2) is 9.38 Å². The van der Waals surface area contributed by atoms with Crippen LogP contribution in [0.1, 0.15) is 44.4 Å². The van der Waals surface area contributed by atoms with Gasteiger partial charge in [0.05, 0.1) is 12.1 Å². The number of β-amino-alcohol motifs (C(OH)–C–C–N with tert-alkyl or cyclic N) is 1. The smallest absolute Gasteiger partial charge is 0.257 e. The second-order valence-electron chi connectivity index (χ2n) is 10.5. The molecule has 1 fully saturated rings. The average Bonchev–Trinajstić information content (AvgIpc) is 3.62. The monoisotopic (exact) mass is 525 g/mol. The number of hydrogen-bond acceptors (Lipinski definition) is 6. The van der Waals surface area contributed by atoms with Crippen LogP contribution in [0.2, 0.25) is 0 Å². The first kappa shape index (κ1) is 26.9. The van der Waals surface area contributed by atoms with Gasteiger partial charge in [-0.05, 0) is 36.1 Å². The summed E-state index contributed by atoms with van der Waals surface area (Å²) in [6.07, 6.45) is -0.545. The quantitative estimate of drug-likeness (QED) is 0.460. The molecule has 0 aliphatic carbocycles. The fourth-order valence-electron chi connectivity index (χ4n) is 5.34. The van der Waals surface area contributed by atoms with E-state index < -0.39 is 23.6 Å². The van der Waals surface area contributed by atoms with E-state index in [1.807, 2.05) is 13.8 Å². The topological polar surface area (TPSA) is 108 Å². The van der Waals surface area contributed by atoms with Crippen molar-refractivity contribution in [2.24, 2.45) is 10.9 Å². The molecule has 5 rings (SSSR count). The number of nitrogens with zero attached hydrogens (tertiary/aromatic N) is 3. The van der Waals surface area contributed by atoms with E-state index in [0.717, 1.165) is 0 Å². The van der Waals surface area contributed by atoms with Crippen molar-refractivity contribution >= 4 is 38.2 Å². The summed E-state index contributed by atoms with van der Waals surface area (Å²) in [4.78, 5) is 33.3. The van der Waals surface area contributed by atoms with E-state index in [-0.39, 0.29) is 36.5 Å². The zero-order valence-electron chi connectivity index (χ0n) is 22.0. The maximum absolute atomic E-state index is 14.3. The molecule has 3 radical (unpaired) electrons. The van der Waals surface area contributed by atoms with E-state index in [1.165, 1.54) is 13.2 Å². The van der Waals surface area contributed by atoms with Crippen LogP contribution in [0.4, 0.5) is 4.39 Å². The lowest BCUT2D eigenvalue weighted by molar-refractivity contribution is -0.134. The van der Waals surface area contributed by atoms with Gasteiger partial charge in [0.1, 0.15) is 30.5 Å². The molecule has 3 aromatic rings. The first-order valence-electron chi connectivity index (χ1n) is 12.9. The van der Waals surface area contributed by atoms with Crippen LogP contribution in [0.15, 0.2) is 64.1 Å². The standard InChI is InChI=1S/C28H28B2FN4O4/c1-15(2)24(22-13-23(30-29)34-39-22)26(37)35-14-18(36)12-21(35)25-32-27(38)28(3,33-25)17-10-8-16(9-11-17)19-6-4-5-7-20(19)31/h4-11,13,15,18,21,24,36H,12,14H2,1-3H3,(H,32,33,38). The maximum atomic E-state index is 14.3. The van der Waals surface area contributed by atoms with Gasteiger partial charge in [-0.15, -0.1) is 0 Å². The van der Waals surface area contributed by atoms with Gasteiger partial charge in [-0.2, -0.15) is 0 Å². The summed E-state index contributed by atoms with van der Waals surface area (Å²) >= 11 is 0. The van der Waals surface area contributed by atoms with Crippen LogP contribution < -0.4 is 10.9 Å². The molecule has 1 saturated heterocycles. The number of carbonyl (C=O) groups excluding carboxylic acids is 2. The van der Waals surface area contributed by atoms with Gasteiger partial charge in [-0.1, -0.05) is 61.5 Å². The Morgan fingerprint density at radius 3 is 2.62 bits per heavy atom. The van der Waals surface area contributed by atoms with Crippen LogP contribution >= 0.6 is 0 Å². The number of amidine groups is 1. The SMILES string of the molecule is [B][B]c1cc(C(C(=O)N2CC(O)CC2C2=NC(C)(c3ccc(-c4ccccc4F)cc3)C(=O)N2)C(C)C)on1. The van der Waals surface area contributed by atoms with Crippen LogP contribution in [0.3, 0.4) is 0 Å². The van der Waals surface area contributed by atoms with Crippen molar-refractivity contribution in [2.75, 3.05) is 6.54 Å². The summed E-state index contributed by atoms with van der Waals surface area (Å²) < 4.78 is 19.7. The highest BCUT2D eigenvalue weighted by Gasteiger charge is 2.48. The first-order valence-corrected chi connectivity index (χ1v) is 12.9. The predicted octanol–water partition coefficient (Wildman–Crippen LogP) is 2.04. The van der Waals surface area contributed by atoms with Crippen LogP contribution in [0, 0.1) is 11.7 Å². The molecule has 0 bridgehead atoms. The Morgan fingerprint density at radius 2 is 1.97 bits per heavy atom. The average molecular weight is 525 g/mol. The van der Waals surface area contributed by atoms with Gasteiger partial charge in [0.2, 0.25) is 5.91 Å². The molecule has 2 N–H and O–H groups in total. The Labute approximate surface area is 228 Å². The first-order chi connectivity index (χ1) is 18.6. The fraction of sp³-hybridized carbons (Fsp3) is 0.357. The van der Waals surface area contributed by atoms with Crippen molar-refractivity contribution in [3.05, 3.63) is 71.7 Å². The third-order valence-electron chi connectivity index (χ3n) is 7.49. The minimum Gasteiger partial charge on any atom is -0.391 e. The van der Waals surface area contributed by atoms with Crippen LogP contribution in [0.25, 0.3) is 11.1 Å². The number of benzene rings is 2. The number of aliphatic imine (C=N–C) groups is 1. The van der Waals surface area contributed by atoms with E-state index in [9.17, 15) is 19.1 Å². The van der Waals surface area contributed by atoms with E-state index >= 15 is 0 Å². The number of aromatic nitrogens is 1. The van der Waals surface area contributed by atoms with Crippen LogP contribution in [-0.2, 0) is 15.1 Å². The molecule has 2 aromatic carbocycles. The number of amides is 2. The number of nitrogens with one attached hydrogen (secondary N) is 1. The number of halogens is 1. The van der Waals surface area contributed by atoms with E-state index in [1.54, 1.807) is 60.4 Å². The highest BCUT2D eigenvalue weighted by Crippen LogP contribution is 2.35. The van der Waals surface area contributed by atoms with Gasteiger partial charge in [-0.3, -0.25) is 9.59 Å². The fourth-order valence-corrected chi connectivity index (χ4v) is 5.34. The van der Waals surface area contributed by atoms with Crippen molar-refractivity contribution in [3.8, 4) is 11.1 Å². The second kappa shape index (κ2) is 10.4. The third kappa shape index (κ3) is 4.91. The molecule has 0 saturated carbocycles. The van der Waals surface area contributed by atoms with Gasteiger partial charge in [0.25, 0.3) is 5.91 Å². The maximum Gasteiger partial charge on any atom is 0.257 e. The normalized spacial score (nSPS) is 23.6. The zero-order valence-corrected chi connectivity index (χ0v) is 22.0. The molecule has 3 heterocycles. The molecule has 2 aliphatic rings. The summed E-state index contributed by atoms with van der Waals surface area (Å²) in [6.45, 7) is 5.59. The molecule has 2 amide bonds. The molecular formula is C28H28B2FN4O4. The number of likely N-dealkylation sites (tertiary alicyclic amines) is 1. The van der Waals surface area contributed by atoms with Gasteiger partial charge >= 0.3 is 0 Å². The van der Waals surface area contributed by atoms with E-state index in [4.69, 9.17) is 17.3 Å². The van der Waals surface area contributed by atoms with E-state index in [0.29, 0.717) is 33.9 Å². The summed E-state index contributed by atoms with van der Waals surface area (Å²) in [5, 5.41) is 17.3. The third-order valence-corrected chi connectivity index (χ3v) is 7.49. The lowest BCUT2D eigenvalue weighted by atomic mass is 9.53. The number of rotatable bonds is 7. The molecular weight excluding hydrogens is 497 g/mol. The number of hydrogen-bond donors (Lipinski definition) is 2. The predicted molar refractivity (Wildman–Crippen MR) is 146 cm³/mol. The summed E-state index contributed by atoms with van der Waals surface area (Å²) in [5.74, 6) is -1.02. The van der Waals surface area contributed by atoms with Gasteiger partial charge < -0.3 is 19.8 Å².